The zero-order valence-electron chi connectivity index (χ0n) is 7.98. The van der Waals surface area contributed by atoms with E-state index in [4.69, 9.17) is 10.8 Å². The summed E-state index contributed by atoms with van der Waals surface area (Å²) in [5.41, 5.74) is 5.41. The van der Waals surface area contributed by atoms with Gasteiger partial charge < -0.3 is 16.2 Å². The third-order valence-corrected chi connectivity index (χ3v) is 2.15. The highest BCUT2D eigenvalue weighted by Gasteiger charge is 2.08. The Balaban J connectivity index is 2.48. The van der Waals surface area contributed by atoms with Gasteiger partial charge in [0.05, 0.1) is 6.61 Å². The second-order valence-electron chi connectivity index (χ2n) is 3.06. The number of aliphatic hydroxyl groups excluding tert-OH is 1. The molecular weight excluding hydrogens is 262 g/mol. The summed E-state index contributed by atoms with van der Waals surface area (Å²) in [6.45, 7) is -0.207. The van der Waals surface area contributed by atoms with Crippen LogP contribution >= 0.6 is 15.9 Å². The number of anilines is 1. The van der Waals surface area contributed by atoms with E-state index in [2.05, 4.69) is 26.2 Å². The van der Waals surface area contributed by atoms with Crippen molar-refractivity contribution in [2.24, 2.45) is 5.73 Å². The summed E-state index contributed by atoms with van der Waals surface area (Å²) in [5.74, 6) is 0.208. The predicted octanol–water partition coefficient (Wildman–Crippen LogP) is 0.492. The van der Waals surface area contributed by atoms with Crippen molar-refractivity contribution in [3.63, 3.8) is 0 Å². The summed E-state index contributed by atoms with van der Waals surface area (Å²) >= 11 is 3.23. The Bertz CT molecular complexity index is 329. The van der Waals surface area contributed by atoms with E-state index in [0.29, 0.717) is 5.82 Å². The highest BCUT2D eigenvalue weighted by Crippen LogP contribution is 2.10. The van der Waals surface area contributed by atoms with E-state index in [9.17, 15) is 4.79 Å². The van der Waals surface area contributed by atoms with E-state index in [1.807, 2.05) is 0 Å². The molecule has 0 spiro atoms. The molecule has 1 rings (SSSR count). The monoisotopic (exact) mass is 273 g/mol. The molecule has 1 amide bonds. The van der Waals surface area contributed by atoms with E-state index >= 15 is 0 Å². The lowest BCUT2D eigenvalue weighted by Crippen LogP contribution is -2.30. The molecule has 82 valence electrons. The summed E-state index contributed by atoms with van der Waals surface area (Å²) in [4.78, 5) is 15.3. The van der Waals surface area contributed by atoms with Crippen LogP contribution in [0.25, 0.3) is 0 Å². The average molecular weight is 274 g/mol. The van der Waals surface area contributed by atoms with Crippen molar-refractivity contribution >= 4 is 27.7 Å². The number of halogens is 1. The molecule has 0 aliphatic rings. The first-order valence-electron chi connectivity index (χ1n) is 4.39. The van der Waals surface area contributed by atoms with Crippen molar-refractivity contribution in [3.8, 4) is 0 Å². The van der Waals surface area contributed by atoms with Gasteiger partial charge in [-0.05, 0) is 28.1 Å². The largest absolute Gasteiger partial charge is 0.395 e. The van der Waals surface area contributed by atoms with Crippen molar-refractivity contribution in [1.29, 1.82) is 0 Å². The van der Waals surface area contributed by atoms with Crippen molar-refractivity contribution in [1.82, 2.24) is 4.98 Å². The number of rotatable bonds is 4. The fourth-order valence-electron chi connectivity index (χ4n) is 0.946. The van der Waals surface area contributed by atoms with Gasteiger partial charge in [0.25, 0.3) is 0 Å². The normalized spacial score (nSPS) is 12.2. The molecule has 1 heterocycles. The molecule has 0 bridgehead atoms. The number of nitrogens with two attached hydrogens (primary N) is 1. The number of carbonyl (C=O) groups is 1. The number of nitrogens with zero attached hydrogens (tertiary/aromatic N) is 1. The summed E-state index contributed by atoms with van der Waals surface area (Å²) < 4.78 is 0.840. The number of hydrogen-bond donors (Lipinski definition) is 3. The molecule has 0 aromatic carbocycles. The number of pyridine rings is 1. The Kier molecular flexibility index (Phi) is 4.67. The molecule has 0 aliphatic carbocycles. The maximum atomic E-state index is 11.3. The Hall–Kier alpha value is -0.980. The van der Waals surface area contributed by atoms with Crippen LogP contribution in [-0.2, 0) is 4.79 Å². The van der Waals surface area contributed by atoms with E-state index in [0.717, 1.165) is 4.47 Å². The van der Waals surface area contributed by atoms with Crippen LogP contribution in [0.15, 0.2) is 22.8 Å². The van der Waals surface area contributed by atoms with Crippen LogP contribution in [0.3, 0.4) is 0 Å². The molecule has 0 saturated heterocycles. The summed E-state index contributed by atoms with van der Waals surface area (Å²) in [6.07, 6.45) is 1.66. The predicted molar refractivity (Wildman–Crippen MR) is 60.2 cm³/mol. The number of carbonyl (C=O) groups excluding carboxylic acids is 1. The average Bonchev–Trinajstić information content (AvgIpc) is 2.21. The summed E-state index contributed by atoms with van der Waals surface area (Å²) in [5, 5.41) is 11.2. The fourth-order valence-corrected chi connectivity index (χ4v) is 1.18. The Morgan fingerprint density at radius 3 is 2.93 bits per heavy atom. The highest BCUT2D eigenvalue weighted by molar-refractivity contribution is 9.10. The summed E-state index contributed by atoms with van der Waals surface area (Å²) in [6, 6.07) is 2.92. The molecule has 6 heteroatoms. The second-order valence-corrected chi connectivity index (χ2v) is 3.97. The lowest BCUT2D eigenvalue weighted by atomic mass is 10.2. The quantitative estimate of drug-likeness (QED) is 0.745. The molecule has 1 atom stereocenters. The molecule has 0 aliphatic heterocycles. The van der Waals surface area contributed by atoms with Crippen LogP contribution in [0.4, 0.5) is 5.82 Å². The summed E-state index contributed by atoms with van der Waals surface area (Å²) in [7, 11) is 0. The van der Waals surface area contributed by atoms with Gasteiger partial charge in [0.2, 0.25) is 5.91 Å². The molecule has 1 aromatic rings. The van der Waals surface area contributed by atoms with Crippen molar-refractivity contribution in [2.45, 2.75) is 12.5 Å². The van der Waals surface area contributed by atoms with Crippen LogP contribution < -0.4 is 11.1 Å². The van der Waals surface area contributed by atoms with Crippen LogP contribution in [-0.4, -0.2) is 28.6 Å². The molecule has 0 unspecified atom stereocenters. The Labute approximate surface area is 95.8 Å². The van der Waals surface area contributed by atoms with Gasteiger partial charge in [-0.1, -0.05) is 0 Å². The maximum absolute atomic E-state index is 11.3. The third-order valence-electron chi connectivity index (χ3n) is 1.68. The first-order valence-corrected chi connectivity index (χ1v) is 5.19. The minimum absolute atomic E-state index is 0.0776. The molecule has 0 radical (unpaired) electrons. The van der Waals surface area contributed by atoms with Crippen molar-refractivity contribution < 1.29 is 9.90 Å². The smallest absolute Gasteiger partial charge is 0.227 e. The lowest BCUT2D eigenvalue weighted by molar-refractivity contribution is -0.116. The number of aliphatic hydroxyl groups is 1. The van der Waals surface area contributed by atoms with Gasteiger partial charge in [-0.2, -0.15) is 0 Å². The fraction of sp³-hybridized carbons (Fsp3) is 0.333. The molecular formula is C9H12BrN3O2. The number of hydrogen-bond acceptors (Lipinski definition) is 4. The van der Waals surface area contributed by atoms with Crippen LogP contribution in [0.5, 0.6) is 0 Å². The van der Waals surface area contributed by atoms with Gasteiger partial charge in [0.15, 0.2) is 0 Å². The zero-order chi connectivity index (χ0) is 11.3. The number of amides is 1. The van der Waals surface area contributed by atoms with E-state index < -0.39 is 6.04 Å². The number of aromatic nitrogens is 1. The first-order chi connectivity index (χ1) is 7.11. The van der Waals surface area contributed by atoms with Gasteiger partial charge in [-0.15, -0.1) is 0 Å². The van der Waals surface area contributed by atoms with E-state index in [1.165, 1.54) is 0 Å². The van der Waals surface area contributed by atoms with Gasteiger partial charge in [0.1, 0.15) is 5.82 Å². The topological polar surface area (TPSA) is 88.2 Å². The maximum Gasteiger partial charge on any atom is 0.227 e. The SMILES string of the molecule is N[C@H](CO)CC(=O)Nc1ccc(Br)cn1. The first kappa shape index (κ1) is 12.1. The Morgan fingerprint density at radius 1 is 1.67 bits per heavy atom. The molecule has 5 nitrogen and oxygen atoms in total. The molecule has 0 fully saturated rings. The molecule has 0 saturated carbocycles. The molecule has 4 N–H and O–H groups in total. The minimum Gasteiger partial charge on any atom is -0.395 e. The van der Waals surface area contributed by atoms with Crippen LogP contribution in [0.1, 0.15) is 6.42 Å². The van der Waals surface area contributed by atoms with Crippen molar-refractivity contribution in [2.75, 3.05) is 11.9 Å². The van der Waals surface area contributed by atoms with Gasteiger partial charge in [-0.3, -0.25) is 4.79 Å². The van der Waals surface area contributed by atoms with Gasteiger partial charge in [-0.25, -0.2) is 4.98 Å². The van der Waals surface area contributed by atoms with Gasteiger partial charge >= 0.3 is 0 Å². The molecule has 15 heavy (non-hydrogen) atoms. The van der Waals surface area contributed by atoms with E-state index in [-0.39, 0.29) is 18.9 Å². The standard InChI is InChI=1S/C9H12BrN3O2/c10-6-1-2-8(12-4-6)13-9(15)3-7(11)5-14/h1-2,4,7,14H,3,5,11H2,(H,12,13,15)/t7-/m0/s1. The Morgan fingerprint density at radius 2 is 2.40 bits per heavy atom. The molecule has 1 aromatic heterocycles. The minimum atomic E-state index is -0.527. The van der Waals surface area contributed by atoms with Crippen LogP contribution in [0.2, 0.25) is 0 Å². The van der Waals surface area contributed by atoms with E-state index in [1.54, 1.807) is 18.3 Å². The second kappa shape index (κ2) is 5.79. The van der Waals surface area contributed by atoms with Crippen LogP contribution in [0, 0.1) is 0 Å². The highest BCUT2D eigenvalue weighted by atomic mass is 79.9. The number of nitrogens with one attached hydrogen (secondary N) is 1. The zero-order valence-corrected chi connectivity index (χ0v) is 9.57. The lowest BCUT2D eigenvalue weighted by Gasteiger charge is -2.08. The van der Waals surface area contributed by atoms with Crippen molar-refractivity contribution in [3.05, 3.63) is 22.8 Å². The third kappa shape index (κ3) is 4.37. The van der Waals surface area contributed by atoms with Gasteiger partial charge in [0, 0.05) is 23.1 Å².